The Morgan fingerprint density at radius 1 is 0.716 bits per heavy atom. The fraction of sp³-hybridized carbons (Fsp3) is 0.658. The fourth-order valence-electron chi connectivity index (χ4n) is 13.3. The lowest BCUT2D eigenvalue weighted by molar-refractivity contribution is -0.148. The van der Waals surface area contributed by atoms with E-state index in [2.05, 4.69) is 31.9 Å². The average Bonchev–Trinajstić information content (AvgIpc) is 1.79. The zero-order chi connectivity index (χ0) is 81.9. The van der Waals surface area contributed by atoms with Crippen molar-refractivity contribution in [2.45, 2.75) is 221 Å². The molecule has 2 aromatic carbocycles. The van der Waals surface area contributed by atoms with Gasteiger partial charge in [-0.15, -0.1) is 0 Å². The molecule has 610 valence electrons. The number of urea groups is 1. The van der Waals surface area contributed by atoms with Crippen LogP contribution in [0.15, 0.2) is 66.7 Å². The second kappa shape index (κ2) is 43.7. The van der Waals surface area contributed by atoms with Gasteiger partial charge in [0.15, 0.2) is 0 Å². The lowest BCUT2D eigenvalue weighted by Crippen LogP contribution is -2.61. The van der Waals surface area contributed by atoms with E-state index >= 15 is 0 Å². The summed E-state index contributed by atoms with van der Waals surface area (Å²) in [4.78, 5) is 173. The number of aliphatic hydroxyl groups is 1. The first-order valence-electron chi connectivity index (χ1n) is 37.5. The number of nitrogens with zero attached hydrogens (tertiary/aromatic N) is 5. The summed E-state index contributed by atoms with van der Waals surface area (Å²) < 4.78 is 47.9. The summed E-state index contributed by atoms with van der Waals surface area (Å²) in [5, 5.41) is 27.3. The molecule has 33 heteroatoms. The van der Waals surface area contributed by atoms with E-state index in [1.165, 1.54) is 38.3 Å². The molecule has 0 radical (unpaired) electrons. The molecule has 1 saturated heterocycles. The normalized spacial score (nSPS) is 17.2. The highest BCUT2D eigenvalue weighted by molar-refractivity contribution is 7.53. The molecule has 13 amide bonds. The number of anilines is 1. The number of likely N-dealkylation sites (tertiary alicyclic amines) is 1. The Labute approximate surface area is 641 Å². The van der Waals surface area contributed by atoms with Crippen LogP contribution in [0.1, 0.15) is 160 Å². The Balaban J connectivity index is 1.47. The van der Waals surface area contributed by atoms with Gasteiger partial charge >= 0.3 is 25.8 Å². The minimum absolute atomic E-state index is 0.000133. The van der Waals surface area contributed by atoms with Gasteiger partial charge in [-0.05, 0) is 114 Å². The van der Waals surface area contributed by atoms with Crippen molar-refractivity contribution in [1.82, 2.24) is 51.1 Å². The quantitative estimate of drug-likeness (QED) is 0.0202. The van der Waals surface area contributed by atoms with Gasteiger partial charge in [-0.1, -0.05) is 111 Å². The monoisotopic (exact) mass is 1550 g/mol. The molecular weight excluding hydrogens is 1430 g/mol. The van der Waals surface area contributed by atoms with Gasteiger partial charge in [0.05, 0.1) is 74.7 Å². The van der Waals surface area contributed by atoms with E-state index in [4.69, 9.17) is 33.7 Å². The van der Waals surface area contributed by atoms with Gasteiger partial charge < -0.3 is 85.4 Å². The van der Waals surface area contributed by atoms with Crippen LogP contribution in [-0.4, -0.2) is 241 Å². The topological polar surface area (TPSA) is 412 Å². The highest BCUT2D eigenvalue weighted by atomic mass is 31.2. The number of nitrogens with one attached hydrogen (secondary N) is 6. The van der Waals surface area contributed by atoms with E-state index in [0.717, 1.165) is 22.0 Å². The molecule has 1 fully saturated rings. The number of hydrogen-bond acceptors (Lipinski definition) is 20. The maximum Gasteiger partial charge on any atom is 0.410 e. The van der Waals surface area contributed by atoms with Crippen LogP contribution in [0.3, 0.4) is 0 Å². The van der Waals surface area contributed by atoms with Gasteiger partial charge in [0.1, 0.15) is 42.4 Å². The molecule has 2 aliphatic rings. The molecule has 0 aromatic heterocycles. The van der Waals surface area contributed by atoms with Crippen molar-refractivity contribution in [3.8, 4) is 0 Å². The van der Waals surface area contributed by atoms with Gasteiger partial charge in [0.25, 0.3) is 11.8 Å². The summed E-state index contributed by atoms with van der Waals surface area (Å²) in [7, 11) is 2.20. The Hall–Kier alpha value is -8.55. The zero-order valence-corrected chi connectivity index (χ0v) is 67.8. The SMILES string of the molecule is CCOP(=O)(CCN(CC(C(=O)N[C@H](C(=O)N[C@@H](CCCNC(N)=O)C(=O)Nc1ccc(COC(=O)N(C)[C@@H](C(=O)N[C@H](C(=O)N(C)[C@H]([C@@H](C)CC)[C@@H](CC(=O)N2CCC[C@H]2[C@@H](OC)[C@@H](C)C(=O)N[C@@H](C)[C@H](O)c2ccccc2)OC)C(C)C)C(C)C)cc1)C(C)C)N1C(=O)C=CC1=O)C(=O)OC(C)(C)C)OCC. The van der Waals surface area contributed by atoms with E-state index in [1.54, 1.807) is 126 Å². The van der Waals surface area contributed by atoms with Crippen molar-refractivity contribution in [2.75, 3.05) is 79.2 Å². The van der Waals surface area contributed by atoms with Crippen LogP contribution in [0, 0.1) is 29.6 Å². The third kappa shape index (κ3) is 27.5. The maximum atomic E-state index is 14.9. The highest BCUT2D eigenvalue weighted by Gasteiger charge is 2.46. The van der Waals surface area contributed by atoms with Gasteiger partial charge in [-0.25, -0.2) is 14.4 Å². The number of rotatable bonds is 43. The third-order valence-electron chi connectivity index (χ3n) is 19.3. The maximum absolute atomic E-state index is 14.9. The number of methoxy groups -OCH3 is 2. The largest absolute Gasteiger partial charge is 0.445 e. The van der Waals surface area contributed by atoms with Gasteiger partial charge in [-0.2, -0.15) is 0 Å². The van der Waals surface area contributed by atoms with Crippen molar-refractivity contribution in [3.63, 3.8) is 0 Å². The lowest BCUT2D eigenvalue weighted by atomic mass is 9.89. The second-order valence-corrected chi connectivity index (χ2v) is 31.9. The number of amides is 13. The second-order valence-electron chi connectivity index (χ2n) is 29.7. The molecular formula is C76H121N12O20P. The van der Waals surface area contributed by atoms with Crippen molar-refractivity contribution in [3.05, 3.63) is 77.9 Å². The number of imide groups is 1. The molecule has 32 nitrogen and oxygen atoms in total. The third-order valence-corrected chi connectivity index (χ3v) is 21.4. The minimum Gasteiger partial charge on any atom is -0.445 e. The lowest BCUT2D eigenvalue weighted by Gasteiger charge is -2.41. The summed E-state index contributed by atoms with van der Waals surface area (Å²) in [5.74, 6) is -8.71. The van der Waals surface area contributed by atoms with Crippen LogP contribution >= 0.6 is 7.60 Å². The summed E-state index contributed by atoms with van der Waals surface area (Å²) in [6, 6.07) is 5.79. The number of likely N-dealkylation sites (N-methyl/N-ethyl adjacent to an activating group) is 2. The van der Waals surface area contributed by atoms with Crippen molar-refractivity contribution >= 4 is 84.7 Å². The predicted molar refractivity (Wildman–Crippen MR) is 407 cm³/mol. The first-order chi connectivity index (χ1) is 51.2. The first-order valence-corrected chi connectivity index (χ1v) is 39.2. The van der Waals surface area contributed by atoms with E-state index in [1.807, 2.05) is 32.0 Å². The van der Waals surface area contributed by atoms with E-state index in [9.17, 15) is 67.2 Å². The van der Waals surface area contributed by atoms with Gasteiger partial charge in [-0.3, -0.25) is 57.5 Å². The molecule has 2 heterocycles. The molecule has 9 N–H and O–H groups in total. The van der Waals surface area contributed by atoms with Crippen molar-refractivity contribution < 1.29 is 95.2 Å². The number of carbonyl (C=O) groups excluding carboxylic acids is 12. The van der Waals surface area contributed by atoms with Crippen molar-refractivity contribution in [1.29, 1.82) is 0 Å². The van der Waals surface area contributed by atoms with Crippen LogP contribution in [0.4, 0.5) is 20.1 Å². The molecule has 2 aliphatic heterocycles. The van der Waals surface area contributed by atoms with E-state index in [0.29, 0.717) is 41.8 Å². The number of hydrogen-bond donors (Lipinski definition) is 8. The van der Waals surface area contributed by atoms with Crippen LogP contribution in [0.2, 0.25) is 0 Å². The zero-order valence-electron chi connectivity index (χ0n) is 67.0. The van der Waals surface area contributed by atoms with Crippen LogP contribution in [-0.2, 0) is 82.3 Å². The van der Waals surface area contributed by atoms with Crippen LogP contribution < -0.4 is 37.6 Å². The van der Waals surface area contributed by atoms with Crippen LogP contribution in [0.5, 0.6) is 0 Å². The Morgan fingerprint density at radius 3 is 1.84 bits per heavy atom. The molecule has 0 spiro atoms. The minimum atomic E-state index is -3.81. The number of nitrogens with two attached hydrogens (primary N) is 1. The summed E-state index contributed by atoms with van der Waals surface area (Å²) in [6.07, 6.45) is -1.06. The average molecular weight is 1550 g/mol. The fourth-order valence-corrected chi connectivity index (χ4v) is 14.9. The smallest absolute Gasteiger partial charge is 0.410 e. The summed E-state index contributed by atoms with van der Waals surface area (Å²) in [6.45, 7) is 24.6. The number of ether oxygens (including phenoxy) is 4. The van der Waals surface area contributed by atoms with Crippen LogP contribution in [0.25, 0.3) is 0 Å². The van der Waals surface area contributed by atoms with Gasteiger partial charge in [0.2, 0.25) is 41.4 Å². The Kier molecular flexibility index (Phi) is 37.3. The molecule has 4 rings (SSSR count). The number of aliphatic hydroxyl groups excluding tert-OH is 1. The molecule has 109 heavy (non-hydrogen) atoms. The number of carbonyl (C=O) groups is 12. The number of primary amides is 1. The first kappa shape index (κ1) is 92.8. The Morgan fingerprint density at radius 2 is 1.31 bits per heavy atom. The molecule has 0 aliphatic carbocycles. The molecule has 0 saturated carbocycles. The number of benzene rings is 2. The summed E-state index contributed by atoms with van der Waals surface area (Å²) in [5.41, 5.74) is 5.57. The highest BCUT2D eigenvalue weighted by Crippen LogP contribution is 2.48. The molecule has 2 aromatic rings. The molecule has 0 bridgehead atoms. The summed E-state index contributed by atoms with van der Waals surface area (Å²) >= 11 is 0. The van der Waals surface area contributed by atoms with E-state index < -0.39 is 176 Å². The van der Waals surface area contributed by atoms with Gasteiger partial charge in [0, 0.05) is 65.8 Å². The van der Waals surface area contributed by atoms with E-state index in [-0.39, 0.29) is 75.2 Å². The molecule has 1 unspecified atom stereocenters. The molecule has 13 atom stereocenters. The standard InChI is InChI=1S/C76H121N12O20P/c1-20-48(10)64(57(103-18)42-60(91)87-39-27-31-55(87)66(104-19)49(11)67(93)79-50(12)65(92)52-28-24-23-25-29-52)84(16)72(98)62(46(6)7)83-71(97)63(47(8)9)85(17)74(100)105-44-51-32-34-53(35-33-51)80-68(94)54(30-26-38-78-73(77)99)81-70(96)61(45(4)5)82-69(95)56(88-58(89)36-37-59(88)90)43-86(75(101)108-76(13,14)15)40-41-109(102,106-21-2)107-22-3/h23-25,28-29,32-37,45-50,54-57,61-66,92H,20-22,26-27,30-31,38-44H2,1-19H3,(H,79,93)(H,80,94)(H,81,96)(H,82,95)(H,83,97)(H3,77,78,99)/t48-,49+,50-,54-,55-,56?,57+,61-,62-,63+,64+,65-,66-/m0/s1. The Bertz CT molecular complexity index is 3440. The van der Waals surface area contributed by atoms with Crippen molar-refractivity contribution in [2.24, 2.45) is 35.3 Å². The predicted octanol–water partition coefficient (Wildman–Crippen LogP) is 6.39.